The monoisotopic (exact) mass is 325 g/mol. The van der Waals surface area contributed by atoms with Gasteiger partial charge in [0.1, 0.15) is 11.6 Å². The minimum Gasteiger partial charge on any atom is -0.379 e. The molecule has 2 aromatic rings. The van der Waals surface area contributed by atoms with Crippen LogP contribution in [0.1, 0.15) is 24.1 Å². The second-order valence-corrected chi connectivity index (χ2v) is 5.36. The van der Waals surface area contributed by atoms with Gasteiger partial charge in [0.2, 0.25) is 0 Å². The smallest absolute Gasteiger partial charge is 0.137 e. The zero-order chi connectivity index (χ0) is 14.0. The Morgan fingerprint density at radius 3 is 2.37 bits per heavy atom. The Hall–Kier alpha value is -1.42. The molecule has 0 bridgehead atoms. The quantitative estimate of drug-likeness (QED) is 0.816. The van der Waals surface area contributed by atoms with Crippen LogP contribution in [-0.2, 0) is 0 Å². The van der Waals surface area contributed by atoms with Gasteiger partial charge in [-0.15, -0.1) is 0 Å². The minimum atomic E-state index is -0.284. The first-order valence-electron chi connectivity index (χ1n) is 5.95. The molecule has 0 fully saturated rings. The first-order valence-corrected chi connectivity index (χ1v) is 6.74. The van der Waals surface area contributed by atoms with Crippen LogP contribution in [0.2, 0.25) is 0 Å². The third-order valence-electron chi connectivity index (χ3n) is 2.98. The van der Waals surface area contributed by atoms with Gasteiger partial charge >= 0.3 is 0 Å². The lowest BCUT2D eigenvalue weighted by Crippen LogP contribution is -2.07. The zero-order valence-corrected chi connectivity index (χ0v) is 12.3. The summed E-state index contributed by atoms with van der Waals surface area (Å²) in [6, 6.07) is 9.78. The zero-order valence-electron chi connectivity index (χ0n) is 10.7. The van der Waals surface area contributed by atoms with Crippen molar-refractivity contribution in [3.63, 3.8) is 0 Å². The molecule has 0 aliphatic heterocycles. The molecule has 4 heteroatoms. The minimum absolute atomic E-state index is 0.00163. The third kappa shape index (κ3) is 3.32. The van der Waals surface area contributed by atoms with Crippen LogP contribution in [0.3, 0.4) is 0 Å². The summed E-state index contributed by atoms with van der Waals surface area (Å²) in [5, 5.41) is 3.26. The molecule has 0 heterocycles. The van der Waals surface area contributed by atoms with E-state index in [1.807, 2.05) is 6.92 Å². The highest BCUT2D eigenvalue weighted by Gasteiger charge is 2.08. The Kier molecular flexibility index (Phi) is 4.20. The summed E-state index contributed by atoms with van der Waals surface area (Å²) in [7, 11) is 0. The number of nitrogens with one attached hydrogen (secondary N) is 1. The highest BCUT2D eigenvalue weighted by atomic mass is 79.9. The van der Waals surface area contributed by atoms with Crippen molar-refractivity contribution < 1.29 is 8.78 Å². The SMILES string of the molecule is Cc1cc(NC(C)c2ccc(F)c(Br)c2)ccc1F. The predicted molar refractivity (Wildman–Crippen MR) is 77.3 cm³/mol. The van der Waals surface area contributed by atoms with Crippen LogP contribution in [0.4, 0.5) is 14.5 Å². The van der Waals surface area contributed by atoms with Crippen molar-refractivity contribution in [2.45, 2.75) is 19.9 Å². The van der Waals surface area contributed by atoms with Gasteiger partial charge in [-0.25, -0.2) is 8.78 Å². The Bertz CT molecular complexity index is 599. The molecule has 1 unspecified atom stereocenters. The number of hydrogen-bond acceptors (Lipinski definition) is 1. The fraction of sp³-hybridized carbons (Fsp3) is 0.200. The van der Waals surface area contributed by atoms with Gasteiger partial charge in [-0.05, 0) is 71.2 Å². The fourth-order valence-electron chi connectivity index (χ4n) is 1.85. The van der Waals surface area contributed by atoms with Gasteiger partial charge in [0.25, 0.3) is 0 Å². The van der Waals surface area contributed by atoms with E-state index < -0.39 is 0 Å². The summed E-state index contributed by atoms with van der Waals surface area (Å²) >= 11 is 3.17. The molecule has 0 radical (unpaired) electrons. The summed E-state index contributed by atoms with van der Waals surface area (Å²) in [6.45, 7) is 3.69. The molecule has 1 N–H and O–H groups in total. The topological polar surface area (TPSA) is 12.0 Å². The van der Waals surface area contributed by atoms with Crippen molar-refractivity contribution in [1.29, 1.82) is 0 Å². The highest BCUT2D eigenvalue weighted by molar-refractivity contribution is 9.10. The van der Waals surface area contributed by atoms with Crippen molar-refractivity contribution in [2.24, 2.45) is 0 Å². The molecular weight excluding hydrogens is 312 g/mol. The van der Waals surface area contributed by atoms with Crippen molar-refractivity contribution in [2.75, 3.05) is 5.32 Å². The number of benzene rings is 2. The van der Waals surface area contributed by atoms with Gasteiger partial charge in [-0.2, -0.15) is 0 Å². The molecule has 19 heavy (non-hydrogen) atoms. The van der Waals surface area contributed by atoms with E-state index in [0.29, 0.717) is 10.0 Å². The molecule has 0 spiro atoms. The number of halogens is 3. The van der Waals surface area contributed by atoms with E-state index in [1.54, 1.807) is 31.2 Å². The van der Waals surface area contributed by atoms with E-state index in [9.17, 15) is 8.78 Å². The standard InChI is InChI=1S/C15H14BrF2N/c1-9-7-12(4-6-14(9)17)19-10(2)11-3-5-15(18)13(16)8-11/h3-8,10,19H,1-2H3. The normalized spacial score (nSPS) is 12.3. The molecule has 0 saturated carbocycles. The van der Waals surface area contributed by atoms with Crippen LogP contribution in [0, 0.1) is 18.6 Å². The molecule has 100 valence electrons. The Balaban J connectivity index is 2.17. The number of hydrogen-bond donors (Lipinski definition) is 1. The van der Waals surface area contributed by atoms with Gasteiger partial charge in [0.05, 0.1) is 4.47 Å². The van der Waals surface area contributed by atoms with E-state index in [4.69, 9.17) is 0 Å². The van der Waals surface area contributed by atoms with Crippen LogP contribution in [0.5, 0.6) is 0 Å². The lowest BCUT2D eigenvalue weighted by atomic mass is 10.1. The van der Waals surface area contributed by atoms with E-state index in [1.165, 1.54) is 12.1 Å². The van der Waals surface area contributed by atoms with E-state index in [2.05, 4.69) is 21.2 Å². The highest BCUT2D eigenvalue weighted by Crippen LogP contribution is 2.24. The van der Waals surface area contributed by atoms with E-state index in [0.717, 1.165) is 11.3 Å². The number of rotatable bonds is 3. The number of anilines is 1. The second-order valence-electron chi connectivity index (χ2n) is 4.50. The van der Waals surface area contributed by atoms with Gasteiger partial charge in [0.15, 0.2) is 0 Å². The molecular formula is C15H14BrF2N. The average Bonchev–Trinajstić information content (AvgIpc) is 2.37. The molecule has 0 saturated heterocycles. The second kappa shape index (κ2) is 5.70. The summed E-state index contributed by atoms with van der Waals surface area (Å²) in [4.78, 5) is 0. The predicted octanol–water partition coefficient (Wildman–Crippen LogP) is 5.21. The van der Waals surface area contributed by atoms with E-state index in [-0.39, 0.29) is 17.7 Å². The summed E-state index contributed by atoms with van der Waals surface area (Å²) in [6.07, 6.45) is 0. The molecule has 0 aromatic heterocycles. The van der Waals surface area contributed by atoms with Gasteiger partial charge in [-0.1, -0.05) is 6.07 Å². The van der Waals surface area contributed by atoms with Crippen LogP contribution in [0.25, 0.3) is 0 Å². The first-order chi connectivity index (χ1) is 8.97. The Morgan fingerprint density at radius 1 is 1.05 bits per heavy atom. The van der Waals surface area contributed by atoms with Crippen molar-refractivity contribution in [3.05, 3.63) is 63.6 Å². The molecule has 1 nitrogen and oxygen atoms in total. The molecule has 1 atom stereocenters. The van der Waals surface area contributed by atoms with Crippen molar-refractivity contribution >= 4 is 21.6 Å². The maximum Gasteiger partial charge on any atom is 0.137 e. The van der Waals surface area contributed by atoms with Gasteiger partial charge < -0.3 is 5.32 Å². The molecule has 2 aromatic carbocycles. The molecule has 0 amide bonds. The Labute approximate surface area is 119 Å². The van der Waals surface area contributed by atoms with Gasteiger partial charge in [-0.3, -0.25) is 0 Å². The summed E-state index contributed by atoms with van der Waals surface area (Å²) in [5.74, 6) is -0.503. The lowest BCUT2D eigenvalue weighted by Gasteiger charge is -2.16. The lowest BCUT2D eigenvalue weighted by molar-refractivity contribution is 0.618. The molecule has 0 aliphatic rings. The van der Waals surface area contributed by atoms with Crippen molar-refractivity contribution in [3.8, 4) is 0 Å². The maximum atomic E-state index is 13.2. The van der Waals surface area contributed by atoms with Crippen LogP contribution < -0.4 is 5.32 Å². The van der Waals surface area contributed by atoms with Crippen LogP contribution >= 0.6 is 15.9 Å². The van der Waals surface area contributed by atoms with Crippen LogP contribution in [-0.4, -0.2) is 0 Å². The number of aryl methyl sites for hydroxylation is 1. The fourth-order valence-corrected chi connectivity index (χ4v) is 2.25. The largest absolute Gasteiger partial charge is 0.379 e. The maximum absolute atomic E-state index is 13.2. The average molecular weight is 326 g/mol. The molecule has 0 aliphatic carbocycles. The third-order valence-corrected chi connectivity index (χ3v) is 3.59. The van der Waals surface area contributed by atoms with Gasteiger partial charge in [0, 0.05) is 11.7 Å². The first kappa shape index (κ1) is 14.0. The van der Waals surface area contributed by atoms with Crippen molar-refractivity contribution in [1.82, 2.24) is 0 Å². The summed E-state index contributed by atoms with van der Waals surface area (Å²) in [5.41, 5.74) is 2.39. The Morgan fingerprint density at radius 2 is 1.74 bits per heavy atom. The van der Waals surface area contributed by atoms with Crippen LogP contribution in [0.15, 0.2) is 40.9 Å². The van der Waals surface area contributed by atoms with E-state index >= 15 is 0 Å². The molecule has 2 rings (SSSR count). The summed E-state index contributed by atoms with van der Waals surface area (Å²) < 4.78 is 26.8.